The summed E-state index contributed by atoms with van der Waals surface area (Å²) in [6.07, 6.45) is 5.55. The summed E-state index contributed by atoms with van der Waals surface area (Å²) in [6, 6.07) is 4.91. The number of thioether (sulfide) groups is 1. The number of hydrogen-bond acceptors (Lipinski definition) is 5. The molecule has 0 spiro atoms. The van der Waals surface area contributed by atoms with Crippen molar-refractivity contribution in [3.05, 3.63) is 39.4 Å². The summed E-state index contributed by atoms with van der Waals surface area (Å²) in [7, 11) is 2.00. The number of hydrogen-bond donors (Lipinski definition) is 1. The first kappa shape index (κ1) is 16.8. The van der Waals surface area contributed by atoms with Crippen LogP contribution in [0, 0.1) is 10.1 Å². The standard InChI is InChI=1S/C15H21N3O3S/c1-17(12-5-6-13(8-12)22-2)9-11-4-3-10(15(16)19)7-14(11)18(20)21/h3-4,7,12-13H,5-6,8-9H2,1-2H3,(H2,16,19)/t12-,13-/m0/s1. The molecule has 2 N–H and O–H groups in total. The molecule has 120 valence electrons. The van der Waals surface area contributed by atoms with Gasteiger partial charge in [-0.1, -0.05) is 6.07 Å². The molecule has 2 atom stereocenters. The van der Waals surface area contributed by atoms with E-state index < -0.39 is 10.8 Å². The maximum atomic E-state index is 11.2. The minimum Gasteiger partial charge on any atom is -0.366 e. The molecule has 0 bridgehead atoms. The van der Waals surface area contributed by atoms with Crippen LogP contribution in [-0.2, 0) is 6.54 Å². The molecule has 1 fully saturated rings. The largest absolute Gasteiger partial charge is 0.366 e. The normalized spacial score (nSPS) is 21.2. The quantitative estimate of drug-likeness (QED) is 0.641. The van der Waals surface area contributed by atoms with Gasteiger partial charge >= 0.3 is 0 Å². The first-order valence-corrected chi connectivity index (χ1v) is 8.51. The third-order valence-corrected chi connectivity index (χ3v) is 5.39. The Morgan fingerprint density at radius 1 is 1.50 bits per heavy atom. The third kappa shape index (κ3) is 3.78. The summed E-state index contributed by atoms with van der Waals surface area (Å²) in [5, 5.41) is 11.9. The molecule has 1 aromatic rings. The molecular weight excluding hydrogens is 302 g/mol. The lowest BCUT2D eigenvalue weighted by Crippen LogP contribution is -2.29. The third-order valence-electron chi connectivity index (χ3n) is 4.30. The van der Waals surface area contributed by atoms with E-state index in [2.05, 4.69) is 11.2 Å². The first-order chi connectivity index (χ1) is 10.4. The molecule has 1 amide bonds. The summed E-state index contributed by atoms with van der Waals surface area (Å²) >= 11 is 1.89. The summed E-state index contributed by atoms with van der Waals surface area (Å²) in [5.41, 5.74) is 5.93. The molecule has 0 aromatic heterocycles. The van der Waals surface area contributed by atoms with Crippen molar-refractivity contribution in [1.82, 2.24) is 4.90 Å². The van der Waals surface area contributed by atoms with E-state index in [1.165, 1.54) is 12.5 Å². The van der Waals surface area contributed by atoms with Crippen molar-refractivity contribution in [2.75, 3.05) is 13.3 Å². The molecule has 0 aliphatic heterocycles. The van der Waals surface area contributed by atoms with Gasteiger partial charge in [-0.3, -0.25) is 19.8 Å². The Morgan fingerprint density at radius 3 is 2.77 bits per heavy atom. The number of nitro benzene ring substituents is 1. The van der Waals surface area contributed by atoms with Crippen LogP contribution in [0.3, 0.4) is 0 Å². The Hall–Kier alpha value is -1.60. The Kier molecular flexibility index (Phi) is 5.42. The lowest BCUT2D eigenvalue weighted by atomic mass is 10.1. The van der Waals surface area contributed by atoms with Gasteiger partial charge in [-0.05, 0) is 38.6 Å². The van der Waals surface area contributed by atoms with Crippen molar-refractivity contribution < 1.29 is 9.72 Å². The van der Waals surface area contributed by atoms with E-state index in [0.29, 0.717) is 23.4 Å². The number of nitrogens with two attached hydrogens (primary N) is 1. The average molecular weight is 323 g/mol. The number of rotatable bonds is 6. The van der Waals surface area contributed by atoms with E-state index >= 15 is 0 Å². The zero-order chi connectivity index (χ0) is 16.3. The first-order valence-electron chi connectivity index (χ1n) is 7.22. The van der Waals surface area contributed by atoms with Gasteiger partial charge in [-0.2, -0.15) is 11.8 Å². The van der Waals surface area contributed by atoms with Crippen molar-refractivity contribution in [1.29, 1.82) is 0 Å². The molecule has 1 aromatic carbocycles. The number of benzene rings is 1. The van der Waals surface area contributed by atoms with Gasteiger partial charge in [0.15, 0.2) is 0 Å². The van der Waals surface area contributed by atoms with E-state index in [1.807, 2.05) is 18.8 Å². The Balaban J connectivity index is 2.15. The molecule has 7 heteroatoms. The minimum absolute atomic E-state index is 0.0393. The number of carbonyl (C=O) groups is 1. The van der Waals surface area contributed by atoms with E-state index in [-0.39, 0.29) is 11.3 Å². The van der Waals surface area contributed by atoms with Gasteiger partial charge in [0.1, 0.15) is 0 Å². The zero-order valence-electron chi connectivity index (χ0n) is 12.8. The van der Waals surface area contributed by atoms with Crippen molar-refractivity contribution >= 4 is 23.4 Å². The SMILES string of the molecule is CS[C@H]1CC[C@H](N(C)Cc2ccc(C(N)=O)cc2[N+](=O)[O-])C1. The smallest absolute Gasteiger partial charge is 0.274 e. The highest BCUT2D eigenvalue weighted by Crippen LogP contribution is 2.32. The maximum absolute atomic E-state index is 11.2. The molecule has 6 nitrogen and oxygen atoms in total. The fourth-order valence-electron chi connectivity index (χ4n) is 2.95. The second-order valence-electron chi connectivity index (χ2n) is 5.70. The molecule has 0 radical (unpaired) electrons. The van der Waals surface area contributed by atoms with Gasteiger partial charge in [0, 0.05) is 35.0 Å². The van der Waals surface area contributed by atoms with Gasteiger partial charge in [-0.25, -0.2) is 0 Å². The van der Waals surface area contributed by atoms with Gasteiger partial charge in [0.05, 0.1) is 4.92 Å². The second kappa shape index (κ2) is 7.11. The molecule has 0 saturated heterocycles. The van der Waals surface area contributed by atoms with Crippen molar-refractivity contribution in [2.45, 2.75) is 37.1 Å². The monoisotopic (exact) mass is 323 g/mol. The summed E-state index contributed by atoms with van der Waals surface area (Å²) < 4.78 is 0. The van der Waals surface area contributed by atoms with Crippen LogP contribution in [0.2, 0.25) is 0 Å². The molecule has 2 rings (SSSR count). The highest BCUT2D eigenvalue weighted by atomic mass is 32.2. The fourth-order valence-corrected chi connectivity index (χ4v) is 3.74. The maximum Gasteiger partial charge on any atom is 0.274 e. The Bertz CT molecular complexity index is 579. The number of carbonyl (C=O) groups excluding carboxylic acids is 1. The minimum atomic E-state index is -0.651. The van der Waals surface area contributed by atoms with Crippen LogP contribution in [0.25, 0.3) is 0 Å². The van der Waals surface area contributed by atoms with E-state index in [4.69, 9.17) is 5.73 Å². The summed E-state index contributed by atoms with van der Waals surface area (Å²) in [6.45, 7) is 0.501. The average Bonchev–Trinajstić information content (AvgIpc) is 2.96. The van der Waals surface area contributed by atoms with Crippen LogP contribution in [-0.4, -0.2) is 40.3 Å². The summed E-state index contributed by atoms with van der Waals surface area (Å²) in [4.78, 5) is 24.1. The van der Waals surface area contributed by atoms with E-state index in [1.54, 1.807) is 12.1 Å². The Morgan fingerprint density at radius 2 is 2.23 bits per heavy atom. The van der Waals surface area contributed by atoms with Gasteiger partial charge in [0.2, 0.25) is 5.91 Å². The molecule has 1 aliphatic rings. The number of nitrogens with zero attached hydrogens (tertiary/aromatic N) is 2. The molecule has 0 unspecified atom stereocenters. The van der Waals surface area contributed by atoms with Crippen LogP contribution >= 0.6 is 11.8 Å². The lowest BCUT2D eigenvalue weighted by Gasteiger charge is -2.24. The van der Waals surface area contributed by atoms with Gasteiger partial charge < -0.3 is 5.73 Å². The highest BCUT2D eigenvalue weighted by Gasteiger charge is 2.28. The lowest BCUT2D eigenvalue weighted by molar-refractivity contribution is -0.385. The molecule has 0 heterocycles. The van der Waals surface area contributed by atoms with Crippen LogP contribution < -0.4 is 5.73 Å². The predicted molar refractivity (Wildman–Crippen MR) is 88.0 cm³/mol. The van der Waals surface area contributed by atoms with Crippen LogP contribution in [0.4, 0.5) is 5.69 Å². The van der Waals surface area contributed by atoms with E-state index in [0.717, 1.165) is 12.8 Å². The Labute approximate surface area is 134 Å². The fraction of sp³-hybridized carbons (Fsp3) is 0.533. The van der Waals surface area contributed by atoms with Crippen LogP contribution in [0.15, 0.2) is 18.2 Å². The van der Waals surface area contributed by atoms with Crippen molar-refractivity contribution in [3.8, 4) is 0 Å². The van der Waals surface area contributed by atoms with Crippen molar-refractivity contribution in [3.63, 3.8) is 0 Å². The summed E-state index contributed by atoms with van der Waals surface area (Å²) in [5.74, 6) is -0.651. The van der Waals surface area contributed by atoms with E-state index in [9.17, 15) is 14.9 Å². The van der Waals surface area contributed by atoms with Gasteiger partial charge in [-0.15, -0.1) is 0 Å². The molecule has 1 saturated carbocycles. The predicted octanol–water partition coefficient (Wildman–Crippen LogP) is 2.41. The van der Waals surface area contributed by atoms with Crippen molar-refractivity contribution in [2.24, 2.45) is 5.73 Å². The highest BCUT2D eigenvalue weighted by molar-refractivity contribution is 7.99. The van der Waals surface area contributed by atoms with Crippen LogP contribution in [0.1, 0.15) is 35.2 Å². The molecule has 22 heavy (non-hydrogen) atoms. The van der Waals surface area contributed by atoms with Gasteiger partial charge in [0.25, 0.3) is 5.69 Å². The number of primary amides is 1. The topological polar surface area (TPSA) is 89.5 Å². The molecule has 1 aliphatic carbocycles. The number of amides is 1. The second-order valence-corrected chi connectivity index (χ2v) is 6.84. The zero-order valence-corrected chi connectivity index (χ0v) is 13.6. The molecular formula is C15H21N3O3S. The van der Waals surface area contributed by atoms with Crippen LogP contribution in [0.5, 0.6) is 0 Å². The number of nitro groups is 1.